The Kier molecular flexibility index (Phi) is 94.0. The van der Waals surface area contributed by atoms with Gasteiger partial charge in [0, 0.05) is 45.5 Å². The van der Waals surface area contributed by atoms with Gasteiger partial charge in [-0.15, -0.1) is 0 Å². The van der Waals surface area contributed by atoms with Gasteiger partial charge < -0.3 is 19.8 Å². The maximum Gasteiger partial charge on any atom is 0 e. The van der Waals surface area contributed by atoms with Crippen LogP contribution in [0.25, 0.3) is 0 Å². The van der Waals surface area contributed by atoms with E-state index in [1.165, 1.54) is 0 Å². The minimum absolute atomic E-state index is 0. The van der Waals surface area contributed by atoms with E-state index in [2.05, 4.69) is 0 Å². The standard InChI is InChI=1S/2C2H4O2.Co.Li.Mn.Ni.H/c2*1-2(3)4;;;;;/h2*1H3,(H,3,4);;;;;/q;;+2;;;;/p-2. The molecule has 0 aliphatic rings. The first-order valence-electron chi connectivity index (χ1n) is 1.82. The van der Waals surface area contributed by atoms with E-state index in [9.17, 15) is 0 Å². The van der Waals surface area contributed by atoms with Gasteiger partial charge in [0.25, 0.3) is 0 Å². The quantitative estimate of drug-likeness (QED) is 0.443. The first-order valence-corrected chi connectivity index (χ1v) is 1.82. The van der Waals surface area contributed by atoms with Crippen LogP contribution in [0.15, 0.2) is 0 Å². The monoisotopic (exact) mass is 298 g/mol. The third-order valence-corrected chi connectivity index (χ3v) is 0. The predicted octanol–water partition coefficient (Wildman–Crippen LogP) is -3.14. The van der Waals surface area contributed by atoms with Crippen LogP contribution in [0.1, 0.15) is 13.8 Å². The van der Waals surface area contributed by atoms with Crippen molar-refractivity contribution in [3.63, 3.8) is 0 Å². The third-order valence-electron chi connectivity index (χ3n) is 0. The van der Waals surface area contributed by atoms with E-state index >= 15 is 0 Å². The van der Waals surface area contributed by atoms with Crippen molar-refractivity contribution in [3.05, 3.63) is 0 Å². The molecule has 0 aromatic heterocycles. The normalized spacial score (nSPS) is 4.17. The minimum atomic E-state index is -1.08. The van der Waals surface area contributed by atoms with Gasteiger partial charge >= 0.3 is 35.6 Å². The summed E-state index contributed by atoms with van der Waals surface area (Å²) in [5.41, 5.74) is 0. The fourth-order valence-corrected chi connectivity index (χ4v) is 0. The van der Waals surface area contributed by atoms with Gasteiger partial charge in [-0.25, -0.2) is 0 Å². The molecule has 2 radical (unpaired) electrons. The first-order chi connectivity index (χ1) is 3.46. The van der Waals surface area contributed by atoms with E-state index in [0.29, 0.717) is 0 Å². The van der Waals surface area contributed by atoms with E-state index in [1.807, 2.05) is 0 Å². The Morgan fingerprint density at radius 3 is 1.00 bits per heavy atom. The summed E-state index contributed by atoms with van der Waals surface area (Å²) in [6.45, 7) is 1.94. The second-order valence-electron chi connectivity index (χ2n) is 0.983. The van der Waals surface area contributed by atoms with Gasteiger partial charge in [0.05, 0.1) is 0 Å². The molecule has 0 saturated carbocycles. The van der Waals surface area contributed by atoms with Crippen molar-refractivity contribution in [2.75, 3.05) is 0 Å². The number of aliphatic carboxylic acids is 2. The van der Waals surface area contributed by atoms with E-state index in [1.54, 1.807) is 0 Å². The molecule has 0 amide bonds. The second kappa shape index (κ2) is 29.6. The average molecular weight is 299 g/mol. The van der Waals surface area contributed by atoms with E-state index in [4.69, 9.17) is 19.8 Å². The van der Waals surface area contributed by atoms with Crippen LogP contribution in [0, 0.1) is 0 Å². The molecule has 0 aliphatic heterocycles. The smallest absolute Gasteiger partial charge is 0 e. The molecule has 0 unspecified atom stereocenters. The molecular weight excluding hydrogens is 292 g/mol. The first kappa shape index (κ1) is 38.1. The Labute approximate surface area is 114 Å². The van der Waals surface area contributed by atoms with Crippen LogP contribution in [-0.4, -0.2) is 30.8 Å². The van der Waals surface area contributed by atoms with Crippen molar-refractivity contribution in [3.8, 4) is 0 Å². The van der Waals surface area contributed by atoms with Crippen LogP contribution in [0.3, 0.4) is 0 Å². The van der Waals surface area contributed by atoms with Crippen molar-refractivity contribution in [1.29, 1.82) is 0 Å². The third kappa shape index (κ3) is 1000. The maximum atomic E-state index is 8.89. The molecule has 0 aromatic rings. The largest absolute Gasteiger partial charge is 0 e. The second-order valence-corrected chi connectivity index (χ2v) is 0.983. The van der Waals surface area contributed by atoms with Crippen LogP contribution in [0.4, 0.5) is 0 Å². The molecule has 0 atom stereocenters. The van der Waals surface area contributed by atoms with Gasteiger partial charge in [-0.1, -0.05) is 0 Å². The number of rotatable bonds is 0. The Bertz CT molecular complexity index is 85.1. The fourth-order valence-electron chi connectivity index (χ4n) is 0. The Balaban J connectivity index is -0.0000000112. The SMILES string of the molecule is CC(=O)[O-].CC(=O)[O-].[Co+2].[LiH].[Mn].[Ni]. The zero-order valence-corrected chi connectivity index (χ0v) is 8.87. The molecule has 8 heteroatoms. The van der Waals surface area contributed by atoms with Gasteiger partial charge in [0.2, 0.25) is 0 Å². The van der Waals surface area contributed by atoms with Gasteiger partial charge in [-0.05, 0) is 13.8 Å². The van der Waals surface area contributed by atoms with Gasteiger partial charge in [-0.3, -0.25) is 0 Å². The van der Waals surface area contributed by atoms with Crippen molar-refractivity contribution < 1.29 is 70.1 Å². The molecule has 12 heavy (non-hydrogen) atoms. The summed E-state index contributed by atoms with van der Waals surface area (Å²) in [7, 11) is 0. The number of carbonyl (C=O) groups excluding carboxylic acids is 2. The predicted molar refractivity (Wildman–Crippen MR) is 28.5 cm³/mol. The minimum Gasteiger partial charge on any atom is 0 e. The van der Waals surface area contributed by atoms with Crippen molar-refractivity contribution in [2.24, 2.45) is 0 Å². The molecule has 0 saturated heterocycles. The summed E-state index contributed by atoms with van der Waals surface area (Å²) in [5.74, 6) is -2.17. The van der Waals surface area contributed by atoms with E-state index in [0.717, 1.165) is 13.8 Å². The summed E-state index contributed by atoms with van der Waals surface area (Å²) in [4.78, 5) is 17.8. The molecule has 0 aromatic carbocycles. The average Bonchev–Trinajstić information content (AvgIpc) is 1.25. The summed E-state index contributed by atoms with van der Waals surface area (Å²) >= 11 is 0. The fraction of sp³-hybridized carbons (Fsp3) is 0.500. The molecule has 0 fully saturated rings. The number of carboxylic acid groups (broad SMARTS) is 2. The Morgan fingerprint density at radius 1 is 1.00 bits per heavy atom. The maximum absolute atomic E-state index is 8.89. The van der Waals surface area contributed by atoms with Gasteiger partial charge in [0.15, 0.2) is 0 Å². The number of hydrogen-bond acceptors (Lipinski definition) is 4. The molecule has 0 N–H and O–H groups in total. The van der Waals surface area contributed by atoms with Crippen molar-refractivity contribution in [2.45, 2.75) is 13.8 Å². The van der Waals surface area contributed by atoms with Crippen molar-refractivity contribution in [1.82, 2.24) is 0 Å². The molecule has 4 nitrogen and oxygen atoms in total. The molecule has 0 rings (SSSR count). The van der Waals surface area contributed by atoms with Gasteiger partial charge in [-0.2, -0.15) is 0 Å². The molecular formula is C4H7CoLiMnNiO4. The summed E-state index contributed by atoms with van der Waals surface area (Å²) < 4.78 is 0. The number of carbonyl (C=O) groups is 2. The summed E-state index contributed by atoms with van der Waals surface area (Å²) in [6.07, 6.45) is 0. The van der Waals surface area contributed by atoms with E-state index in [-0.39, 0.29) is 69.2 Å². The van der Waals surface area contributed by atoms with Crippen LogP contribution < -0.4 is 10.2 Å². The summed E-state index contributed by atoms with van der Waals surface area (Å²) in [5, 5.41) is 17.8. The topological polar surface area (TPSA) is 80.3 Å². The molecule has 0 heterocycles. The van der Waals surface area contributed by atoms with Crippen LogP contribution >= 0.6 is 0 Å². The Morgan fingerprint density at radius 2 is 1.00 bits per heavy atom. The van der Waals surface area contributed by atoms with Crippen LogP contribution in [0.5, 0.6) is 0 Å². The van der Waals surface area contributed by atoms with Gasteiger partial charge in [0.1, 0.15) is 0 Å². The molecule has 0 aliphatic carbocycles. The molecule has 74 valence electrons. The van der Waals surface area contributed by atoms with Crippen molar-refractivity contribution >= 4 is 30.8 Å². The molecule has 0 bridgehead atoms. The zero-order valence-electron chi connectivity index (χ0n) is 5.66. The van der Waals surface area contributed by atoms with E-state index < -0.39 is 11.9 Å². The Hall–Kier alpha value is 1.06. The number of hydrogen-bond donors (Lipinski definition) is 0. The number of carboxylic acids is 2. The van der Waals surface area contributed by atoms with Crippen LogP contribution in [0.2, 0.25) is 0 Å². The zero-order chi connectivity index (χ0) is 7.15. The summed E-state index contributed by atoms with van der Waals surface area (Å²) in [6, 6.07) is 0. The van der Waals surface area contributed by atoms with Crippen LogP contribution in [-0.2, 0) is 59.9 Å². The molecule has 0 spiro atoms.